The van der Waals surface area contributed by atoms with Crippen molar-refractivity contribution < 1.29 is 13.7 Å². The Morgan fingerprint density at radius 2 is 2.24 bits per heavy atom. The first kappa shape index (κ1) is 11.3. The van der Waals surface area contributed by atoms with Gasteiger partial charge in [0, 0.05) is 12.1 Å². The van der Waals surface area contributed by atoms with Crippen molar-refractivity contribution in [2.45, 2.75) is 13.5 Å². The lowest BCUT2D eigenvalue weighted by atomic mass is 10.2. The van der Waals surface area contributed by atoms with E-state index in [1.807, 2.05) is 0 Å². The quantitative estimate of drug-likeness (QED) is 0.884. The highest BCUT2D eigenvalue weighted by Gasteiger charge is 2.11. The Bertz CT molecular complexity index is 537. The molecule has 1 aromatic carbocycles. The number of hydrogen-bond acceptors (Lipinski definition) is 3. The van der Waals surface area contributed by atoms with Crippen LogP contribution in [0.4, 0.5) is 4.39 Å². The van der Waals surface area contributed by atoms with Crippen LogP contribution in [-0.2, 0) is 6.54 Å². The van der Waals surface area contributed by atoms with Crippen molar-refractivity contribution in [3.8, 4) is 0 Å². The van der Waals surface area contributed by atoms with Crippen LogP contribution in [-0.4, -0.2) is 11.1 Å². The Morgan fingerprint density at radius 1 is 1.47 bits per heavy atom. The van der Waals surface area contributed by atoms with Gasteiger partial charge in [0.05, 0.1) is 11.8 Å². The van der Waals surface area contributed by atoms with Crippen LogP contribution in [0.5, 0.6) is 0 Å². The monoisotopic (exact) mass is 234 g/mol. The maximum Gasteiger partial charge on any atom is 0.254 e. The van der Waals surface area contributed by atoms with E-state index >= 15 is 0 Å². The van der Waals surface area contributed by atoms with Crippen LogP contribution in [0, 0.1) is 12.7 Å². The molecule has 2 aromatic rings. The molecule has 17 heavy (non-hydrogen) atoms. The van der Waals surface area contributed by atoms with Gasteiger partial charge in [-0.3, -0.25) is 4.79 Å². The van der Waals surface area contributed by atoms with Gasteiger partial charge in [0.15, 0.2) is 0 Å². The van der Waals surface area contributed by atoms with Gasteiger partial charge in [-0.1, -0.05) is 17.3 Å². The highest BCUT2D eigenvalue weighted by molar-refractivity contribution is 5.94. The second kappa shape index (κ2) is 4.78. The number of hydrogen-bond donors (Lipinski definition) is 1. The Balaban J connectivity index is 2.04. The third-order valence-electron chi connectivity index (χ3n) is 2.41. The summed E-state index contributed by atoms with van der Waals surface area (Å²) in [7, 11) is 0. The molecule has 0 saturated carbocycles. The summed E-state index contributed by atoms with van der Waals surface area (Å²) in [6, 6.07) is 5.84. The number of halogens is 1. The van der Waals surface area contributed by atoms with Crippen LogP contribution in [0.1, 0.15) is 21.7 Å². The van der Waals surface area contributed by atoms with Gasteiger partial charge in [-0.25, -0.2) is 4.39 Å². The van der Waals surface area contributed by atoms with Gasteiger partial charge in [0.2, 0.25) is 0 Å². The summed E-state index contributed by atoms with van der Waals surface area (Å²) < 4.78 is 18.1. The molecule has 2 rings (SSSR count). The number of nitrogens with one attached hydrogen (secondary N) is 1. The normalized spacial score (nSPS) is 10.2. The standard InChI is InChI=1S/C12H11FN2O2/c1-8-9(7-15-17-8)6-14-12(16)10-4-2-3-5-11(10)13/h2-5,7H,6H2,1H3,(H,14,16). The number of aryl methyl sites for hydroxylation is 1. The predicted octanol–water partition coefficient (Wildman–Crippen LogP) is 2.05. The van der Waals surface area contributed by atoms with Crippen molar-refractivity contribution in [3.63, 3.8) is 0 Å². The number of benzene rings is 1. The molecule has 0 unspecified atom stereocenters. The maximum atomic E-state index is 13.3. The summed E-state index contributed by atoms with van der Waals surface area (Å²) in [5.74, 6) is -0.352. The first-order chi connectivity index (χ1) is 8.18. The number of nitrogens with zero attached hydrogens (tertiary/aromatic N) is 1. The number of carbonyl (C=O) groups excluding carboxylic acids is 1. The summed E-state index contributed by atoms with van der Waals surface area (Å²) in [6.45, 7) is 2.01. The minimum atomic E-state index is -0.535. The summed E-state index contributed by atoms with van der Waals surface area (Å²) >= 11 is 0. The van der Waals surface area contributed by atoms with Crippen molar-refractivity contribution in [1.29, 1.82) is 0 Å². The lowest BCUT2D eigenvalue weighted by molar-refractivity contribution is 0.0947. The molecule has 0 saturated heterocycles. The fourth-order valence-corrected chi connectivity index (χ4v) is 1.40. The first-order valence-corrected chi connectivity index (χ1v) is 5.11. The second-order valence-electron chi connectivity index (χ2n) is 3.57. The lowest BCUT2D eigenvalue weighted by Crippen LogP contribution is -2.23. The zero-order valence-corrected chi connectivity index (χ0v) is 9.24. The number of aromatic nitrogens is 1. The van der Waals surface area contributed by atoms with Crippen molar-refractivity contribution >= 4 is 5.91 Å². The van der Waals surface area contributed by atoms with Crippen LogP contribution in [0.15, 0.2) is 35.0 Å². The summed E-state index contributed by atoms with van der Waals surface area (Å²) in [4.78, 5) is 11.7. The molecule has 4 nitrogen and oxygen atoms in total. The molecule has 0 radical (unpaired) electrons. The van der Waals surface area contributed by atoms with E-state index < -0.39 is 11.7 Å². The number of rotatable bonds is 3. The molecule has 88 valence electrons. The van der Waals surface area contributed by atoms with Gasteiger partial charge >= 0.3 is 0 Å². The van der Waals surface area contributed by atoms with Gasteiger partial charge in [-0.05, 0) is 19.1 Å². The molecular formula is C12H11FN2O2. The average molecular weight is 234 g/mol. The predicted molar refractivity (Wildman–Crippen MR) is 58.8 cm³/mol. The molecule has 0 bridgehead atoms. The van der Waals surface area contributed by atoms with Gasteiger partial charge < -0.3 is 9.84 Å². The molecular weight excluding hydrogens is 223 g/mol. The first-order valence-electron chi connectivity index (χ1n) is 5.11. The molecule has 0 fully saturated rings. The van der Waals surface area contributed by atoms with Gasteiger partial charge in [0.25, 0.3) is 5.91 Å². The van der Waals surface area contributed by atoms with E-state index in [0.717, 1.165) is 5.56 Å². The zero-order chi connectivity index (χ0) is 12.3. The van der Waals surface area contributed by atoms with Crippen LogP contribution in [0.25, 0.3) is 0 Å². The molecule has 0 aliphatic heterocycles. The zero-order valence-electron chi connectivity index (χ0n) is 9.24. The molecule has 0 aliphatic carbocycles. The minimum Gasteiger partial charge on any atom is -0.361 e. The Hall–Kier alpha value is -2.17. The van der Waals surface area contributed by atoms with Crippen LogP contribution in [0.2, 0.25) is 0 Å². The number of carbonyl (C=O) groups is 1. The molecule has 1 N–H and O–H groups in total. The van der Waals surface area contributed by atoms with Crippen molar-refractivity contribution in [2.75, 3.05) is 0 Å². The molecule has 0 atom stereocenters. The fraction of sp³-hybridized carbons (Fsp3) is 0.167. The highest BCUT2D eigenvalue weighted by Crippen LogP contribution is 2.08. The third kappa shape index (κ3) is 2.50. The number of amides is 1. The van der Waals surface area contributed by atoms with Crippen molar-refractivity contribution in [1.82, 2.24) is 10.5 Å². The molecule has 5 heteroatoms. The molecule has 1 aromatic heterocycles. The molecule has 0 aliphatic rings. The fourth-order valence-electron chi connectivity index (χ4n) is 1.40. The van der Waals surface area contributed by atoms with E-state index in [9.17, 15) is 9.18 Å². The molecule has 1 heterocycles. The smallest absolute Gasteiger partial charge is 0.254 e. The third-order valence-corrected chi connectivity index (χ3v) is 2.41. The van der Waals surface area contributed by atoms with Crippen LogP contribution < -0.4 is 5.32 Å². The Labute approximate surface area is 97.4 Å². The Kier molecular flexibility index (Phi) is 3.18. The largest absolute Gasteiger partial charge is 0.361 e. The average Bonchev–Trinajstić information content (AvgIpc) is 2.72. The second-order valence-corrected chi connectivity index (χ2v) is 3.57. The van der Waals surface area contributed by atoms with Gasteiger partial charge in [0.1, 0.15) is 11.6 Å². The van der Waals surface area contributed by atoms with E-state index in [4.69, 9.17) is 4.52 Å². The summed E-state index contributed by atoms with van der Waals surface area (Å²) in [5.41, 5.74) is 0.802. The molecule has 0 spiro atoms. The van der Waals surface area contributed by atoms with Crippen molar-refractivity contribution in [2.24, 2.45) is 0 Å². The lowest BCUT2D eigenvalue weighted by Gasteiger charge is -2.04. The summed E-state index contributed by atoms with van der Waals surface area (Å²) in [6.07, 6.45) is 1.52. The maximum absolute atomic E-state index is 13.3. The van der Waals surface area contributed by atoms with Gasteiger partial charge in [-0.15, -0.1) is 0 Å². The van der Waals surface area contributed by atoms with E-state index in [1.54, 1.807) is 13.0 Å². The molecule has 1 amide bonds. The highest BCUT2D eigenvalue weighted by atomic mass is 19.1. The van der Waals surface area contributed by atoms with E-state index in [0.29, 0.717) is 5.76 Å². The van der Waals surface area contributed by atoms with Gasteiger partial charge in [-0.2, -0.15) is 0 Å². The minimum absolute atomic E-state index is 0.0293. The van der Waals surface area contributed by atoms with E-state index in [-0.39, 0.29) is 12.1 Å². The van der Waals surface area contributed by atoms with Crippen molar-refractivity contribution in [3.05, 3.63) is 53.2 Å². The topological polar surface area (TPSA) is 55.1 Å². The van der Waals surface area contributed by atoms with Crippen LogP contribution in [0.3, 0.4) is 0 Å². The van der Waals surface area contributed by atoms with E-state index in [1.165, 1.54) is 24.4 Å². The van der Waals surface area contributed by atoms with E-state index in [2.05, 4.69) is 10.5 Å². The van der Waals surface area contributed by atoms with Crippen LogP contribution >= 0.6 is 0 Å². The summed E-state index contributed by atoms with van der Waals surface area (Å²) in [5, 5.41) is 6.19. The SMILES string of the molecule is Cc1oncc1CNC(=O)c1ccccc1F. The Morgan fingerprint density at radius 3 is 2.88 bits per heavy atom.